The molecule has 200 valence electrons. The number of H-pyrrole nitrogens is 1. The zero-order valence-corrected chi connectivity index (χ0v) is 22.8. The Labute approximate surface area is 232 Å². The molecule has 4 aromatic carbocycles. The van der Waals surface area contributed by atoms with E-state index < -0.39 is 15.7 Å². The molecule has 0 unspecified atom stereocenters. The molecule has 2 heterocycles. The number of anilines is 1. The number of aromatic nitrogens is 1. The predicted octanol–water partition coefficient (Wildman–Crippen LogP) is 5.17. The van der Waals surface area contributed by atoms with Gasteiger partial charge >= 0.3 is 0 Å². The summed E-state index contributed by atoms with van der Waals surface area (Å²) < 4.78 is 26.7. The zero-order chi connectivity index (χ0) is 28.0. The average Bonchev–Trinajstić information content (AvgIpc) is 3.40. The maximum Gasteiger partial charge on any atom is 0.251 e. The van der Waals surface area contributed by atoms with E-state index in [0.717, 1.165) is 27.7 Å². The topological polar surface area (TPSA) is 99.3 Å². The highest BCUT2D eigenvalue weighted by Gasteiger charge is 2.35. The third-order valence-electron chi connectivity index (χ3n) is 7.47. The molecule has 1 amide bonds. The van der Waals surface area contributed by atoms with Gasteiger partial charge in [0.2, 0.25) is 9.84 Å². The van der Waals surface area contributed by atoms with Gasteiger partial charge < -0.3 is 15.2 Å². The molecule has 2 N–H and O–H groups in total. The van der Waals surface area contributed by atoms with Crippen molar-refractivity contribution in [1.29, 1.82) is 0 Å². The first-order valence-corrected chi connectivity index (χ1v) is 14.4. The van der Waals surface area contributed by atoms with Crippen LogP contribution in [0.3, 0.4) is 0 Å². The summed E-state index contributed by atoms with van der Waals surface area (Å²) >= 11 is 0. The first-order valence-electron chi connectivity index (χ1n) is 12.9. The van der Waals surface area contributed by atoms with Gasteiger partial charge in [-0.05, 0) is 59.7 Å². The normalized spacial score (nSPS) is 14.3. The predicted molar refractivity (Wildman–Crippen MR) is 155 cm³/mol. The van der Waals surface area contributed by atoms with E-state index in [-0.39, 0.29) is 44.7 Å². The number of para-hydroxylation sites is 1. The van der Waals surface area contributed by atoms with Crippen molar-refractivity contribution in [2.45, 2.75) is 15.7 Å². The second-order valence-electron chi connectivity index (χ2n) is 10.1. The fourth-order valence-electron chi connectivity index (χ4n) is 5.32. The number of ketones is 1. The zero-order valence-electron chi connectivity index (χ0n) is 22.0. The molecular formula is C32H27N3O4S. The number of carbonyl (C=O) groups excluding carboxylic acids is 2. The molecule has 40 heavy (non-hydrogen) atoms. The molecule has 0 bridgehead atoms. The Balaban J connectivity index is 1.32. The summed E-state index contributed by atoms with van der Waals surface area (Å²) in [6.45, 7) is 0.285. The highest BCUT2D eigenvalue weighted by atomic mass is 32.2. The van der Waals surface area contributed by atoms with Crippen molar-refractivity contribution >= 4 is 38.1 Å². The summed E-state index contributed by atoms with van der Waals surface area (Å²) in [5.74, 6) is -0.946. The van der Waals surface area contributed by atoms with Crippen LogP contribution in [0.2, 0.25) is 0 Å². The molecule has 7 nitrogen and oxygen atoms in total. The lowest BCUT2D eigenvalue weighted by Crippen LogP contribution is -2.29. The molecule has 1 aliphatic heterocycles. The molecule has 0 spiro atoms. The van der Waals surface area contributed by atoms with E-state index in [9.17, 15) is 18.0 Å². The van der Waals surface area contributed by atoms with Crippen LogP contribution in [0.25, 0.3) is 10.9 Å². The number of benzene rings is 4. The fourth-order valence-corrected chi connectivity index (χ4v) is 6.99. The van der Waals surface area contributed by atoms with Crippen LogP contribution in [-0.4, -0.2) is 45.7 Å². The molecule has 0 saturated carbocycles. The number of nitrogens with zero attached hydrogens (tertiary/aromatic N) is 1. The Morgan fingerprint density at radius 1 is 0.875 bits per heavy atom. The maximum atomic E-state index is 13.4. The molecule has 0 radical (unpaired) electrons. The minimum Gasteiger partial charge on any atom is -0.378 e. The molecule has 1 atom stereocenters. The SMILES string of the molecule is CN(C)c1ccc([C@H](CNC(=O)c2ccc3c(c2)S(=O)(=O)c2ccccc2C3=O)c2c[nH]c3ccccc23)cc1. The number of sulfone groups is 1. The number of aromatic amines is 1. The van der Waals surface area contributed by atoms with E-state index in [1.54, 1.807) is 12.1 Å². The molecule has 6 rings (SSSR count). The van der Waals surface area contributed by atoms with Crippen LogP contribution in [0.1, 0.15) is 43.3 Å². The van der Waals surface area contributed by atoms with Crippen LogP contribution in [0.4, 0.5) is 5.69 Å². The minimum absolute atomic E-state index is 0.0365. The minimum atomic E-state index is -3.94. The molecule has 1 aromatic heterocycles. The lowest BCUT2D eigenvalue weighted by Gasteiger charge is -2.21. The van der Waals surface area contributed by atoms with Gasteiger partial charge in [0.15, 0.2) is 5.78 Å². The molecule has 8 heteroatoms. The third-order valence-corrected chi connectivity index (χ3v) is 9.33. The fraction of sp³-hybridized carbons (Fsp3) is 0.125. The summed E-state index contributed by atoms with van der Waals surface area (Å²) in [4.78, 5) is 31.5. The second-order valence-corrected chi connectivity index (χ2v) is 12.0. The molecular weight excluding hydrogens is 522 g/mol. The Bertz CT molecular complexity index is 1890. The molecule has 0 aliphatic carbocycles. The number of hydrogen-bond donors (Lipinski definition) is 2. The van der Waals surface area contributed by atoms with Gasteiger partial charge in [-0.25, -0.2) is 8.42 Å². The van der Waals surface area contributed by atoms with Crippen molar-refractivity contribution < 1.29 is 18.0 Å². The van der Waals surface area contributed by atoms with Crippen molar-refractivity contribution in [3.8, 4) is 0 Å². The van der Waals surface area contributed by atoms with Crippen LogP contribution in [-0.2, 0) is 9.84 Å². The van der Waals surface area contributed by atoms with Gasteiger partial charge in [-0.1, -0.05) is 42.5 Å². The summed E-state index contributed by atoms with van der Waals surface area (Å²) in [7, 11) is 0.0225. The van der Waals surface area contributed by atoms with E-state index in [1.807, 2.05) is 61.6 Å². The van der Waals surface area contributed by atoms with E-state index in [4.69, 9.17) is 0 Å². The van der Waals surface area contributed by atoms with Gasteiger partial charge in [-0.3, -0.25) is 9.59 Å². The number of nitrogens with one attached hydrogen (secondary N) is 2. The van der Waals surface area contributed by atoms with Crippen molar-refractivity contribution in [2.75, 3.05) is 25.5 Å². The summed E-state index contributed by atoms with van der Waals surface area (Å²) in [5, 5.41) is 4.07. The lowest BCUT2D eigenvalue weighted by atomic mass is 9.90. The van der Waals surface area contributed by atoms with Crippen molar-refractivity contribution in [1.82, 2.24) is 10.3 Å². The molecule has 0 fully saturated rings. The van der Waals surface area contributed by atoms with E-state index in [1.165, 1.54) is 30.3 Å². The van der Waals surface area contributed by atoms with Gasteiger partial charge in [0.1, 0.15) is 0 Å². The number of amides is 1. The quantitative estimate of drug-likeness (QED) is 0.299. The van der Waals surface area contributed by atoms with Gasteiger partial charge in [0, 0.05) is 66.0 Å². The van der Waals surface area contributed by atoms with Crippen LogP contribution in [0.15, 0.2) is 107 Å². The van der Waals surface area contributed by atoms with Crippen LogP contribution >= 0.6 is 0 Å². The average molecular weight is 550 g/mol. The van der Waals surface area contributed by atoms with Gasteiger partial charge in [0.05, 0.1) is 9.79 Å². The summed E-state index contributed by atoms with van der Waals surface area (Å²) in [6.07, 6.45) is 1.97. The van der Waals surface area contributed by atoms with Crippen LogP contribution < -0.4 is 10.2 Å². The first-order chi connectivity index (χ1) is 19.3. The second kappa shape index (κ2) is 9.81. The molecule has 5 aromatic rings. The highest BCUT2D eigenvalue weighted by Crippen LogP contribution is 2.35. The van der Waals surface area contributed by atoms with Crippen molar-refractivity contribution in [3.63, 3.8) is 0 Å². The van der Waals surface area contributed by atoms with Crippen molar-refractivity contribution in [3.05, 3.63) is 125 Å². The number of hydrogen-bond acceptors (Lipinski definition) is 5. The summed E-state index contributed by atoms with van der Waals surface area (Å²) in [6, 6.07) is 26.6. The van der Waals surface area contributed by atoms with Gasteiger partial charge in [-0.15, -0.1) is 0 Å². The van der Waals surface area contributed by atoms with E-state index in [2.05, 4.69) is 22.4 Å². The molecule has 0 saturated heterocycles. The Hall–Kier alpha value is -4.69. The standard InChI is InChI=1S/C32H27N3O4S/c1-35(2)22-14-11-20(12-15-22)26(27-19-33-28-9-5-3-7-23(27)28)18-34-32(37)21-13-16-25-30(17-21)40(38,39)29-10-6-4-8-24(29)31(25)36/h3-17,19,26,33H,18H2,1-2H3,(H,34,37)/t26-/m0/s1. The highest BCUT2D eigenvalue weighted by molar-refractivity contribution is 7.91. The Kier molecular flexibility index (Phi) is 6.27. The Morgan fingerprint density at radius 2 is 1.57 bits per heavy atom. The van der Waals surface area contributed by atoms with E-state index >= 15 is 0 Å². The van der Waals surface area contributed by atoms with Crippen LogP contribution in [0.5, 0.6) is 0 Å². The first kappa shape index (κ1) is 25.6. The number of fused-ring (bicyclic) bond motifs is 3. The monoisotopic (exact) mass is 549 g/mol. The van der Waals surface area contributed by atoms with Crippen LogP contribution in [0, 0.1) is 0 Å². The number of rotatable bonds is 6. The van der Waals surface area contributed by atoms with E-state index in [0.29, 0.717) is 0 Å². The van der Waals surface area contributed by atoms with Gasteiger partial charge in [0.25, 0.3) is 5.91 Å². The van der Waals surface area contributed by atoms with Crippen molar-refractivity contribution in [2.24, 2.45) is 0 Å². The largest absolute Gasteiger partial charge is 0.378 e. The lowest BCUT2D eigenvalue weighted by molar-refractivity contribution is 0.0950. The molecule has 1 aliphatic rings. The van der Waals surface area contributed by atoms with Gasteiger partial charge in [-0.2, -0.15) is 0 Å². The number of carbonyl (C=O) groups is 2. The third kappa shape index (κ3) is 4.26. The summed E-state index contributed by atoms with van der Waals surface area (Å²) in [5.41, 5.74) is 4.55. The maximum absolute atomic E-state index is 13.4. The Morgan fingerprint density at radius 3 is 2.35 bits per heavy atom. The smallest absolute Gasteiger partial charge is 0.251 e.